The van der Waals surface area contributed by atoms with Gasteiger partial charge in [-0.1, -0.05) is 36.4 Å². The average molecular weight is 471 g/mol. The summed E-state index contributed by atoms with van der Waals surface area (Å²) in [6.45, 7) is -0.261. The van der Waals surface area contributed by atoms with E-state index in [-0.39, 0.29) is 6.61 Å². The molecule has 0 aromatic heterocycles. The Bertz CT molecular complexity index is 1390. The molecule has 0 spiro atoms. The van der Waals surface area contributed by atoms with E-state index in [1.165, 1.54) is 37.6 Å². The SMILES string of the molecule is COc1cc2ccccc2cc1C(=O)NN=Cc1ccccc1OCC(=O)Nc1ccc(F)cc1. The number of hydrogen-bond acceptors (Lipinski definition) is 5. The van der Waals surface area contributed by atoms with E-state index >= 15 is 0 Å². The molecule has 4 aromatic carbocycles. The van der Waals surface area contributed by atoms with E-state index < -0.39 is 17.6 Å². The Balaban J connectivity index is 1.40. The minimum absolute atomic E-state index is 0.261. The lowest BCUT2D eigenvalue weighted by Crippen LogP contribution is -2.20. The second-order valence-corrected chi connectivity index (χ2v) is 7.48. The van der Waals surface area contributed by atoms with Crippen LogP contribution in [0.1, 0.15) is 15.9 Å². The van der Waals surface area contributed by atoms with Crippen LogP contribution in [-0.4, -0.2) is 31.7 Å². The molecule has 0 aliphatic heterocycles. The summed E-state index contributed by atoms with van der Waals surface area (Å²) >= 11 is 0. The van der Waals surface area contributed by atoms with Gasteiger partial charge >= 0.3 is 0 Å². The van der Waals surface area contributed by atoms with Crippen LogP contribution < -0.4 is 20.2 Å². The molecule has 0 heterocycles. The Hall–Kier alpha value is -4.72. The standard InChI is InChI=1S/C27H22FN3O4/c1-34-25-15-19-7-3-2-6-18(19)14-23(25)27(33)31-29-16-20-8-4-5-9-24(20)35-17-26(32)30-22-12-10-21(28)11-13-22/h2-16H,17H2,1H3,(H,30,32)(H,31,33). The first kappa shape index (κ1) is 23.4. The Labute approximate surface area is 201 Å². The van der Waals surface area contributed by atoms with Crippen LogP contribution in [0.3, 0.4) is 0 Å². The van der Waals surface area contributed by atoms with Crippen LogP contribution in [0, 0.1) is 5.82 Å². The monoisotopic (exact) mass is 471 g/mol. The predicted octanol–water partition coefficient (Wildman–Crippen LogP) is 4.77. The number of ether oxygens (including phenoxy) is 2. The van der Waals surface area contributed by atoms with Gasteiger partial charge in [-0.25, -0.2) is 9.82 Å². The molecule has 4 aromatic rings. The van der Waals surface area contributed by atoms with Crippen molar-refractivity contribution in [3.63, 3.8) is 0 Å². The summed E-state index contributed by atoms with van der Waals surface area (Å²) in [5.41, 5.74) is 3.88. The van der Waals surface area contributed by atoms with Gasteiger partial charge in [-0.3, -0.25) is 9.59 Å². The van der Waals surface area contributed by atoms with E-state index in [1.807, 2.05) is 24.3 Å². The number of carbonyl (C=O) groups excluding carboxylic acids is 2. The van der Waals surface area contributed by atoms with Crippen molar-refractivity contribution in [2.45, 2.75) is 0 Å². The molecule has 4 rings (SSSR count). The number of hydrazone groups is 1. The van der Waals surface area contributed by atoms with Crippen LogP contribution in [0.4, 0.5) is 10.1 Å². The molecule has 0 aliphatic rings. The van der Waals surface area contributed by atoms with Gasteiger partial charge in [-0.2, -0.15) is 5.10 Å². The largest absolute Gasteiger partial charge is 0.496 e. The Kier molecular flexibility index (Phi) is 7.32. The molecular weight excluding hydrogens is 449 g/mol. The van der Waals surface area contributed by atoms with Crippen LogP contribution in [0.2, 0.25) is 0 Å². The highest BCUT2D eigenvalue weighted by Crippen LogP contribution is 2.26. The molecule has 0 atom stereocenters. The number of hydrogen-bond donors (Lipinski definition) is 2. The van der Waals surface area contributed by atoms with Crippen LogP contribution in [0.15, 0.2) is 90.0 Å². The maximum atomic E-state index is 13.0. The third-order valence-corrected chi connectivity index (χ3v) is 5.09. The minimum atomic E-state index is -0.430. The Morgan fingerprint density at radius 2 is 1.60 bits per heavy atom. The van der Waals surface area contributed by atoms with E-state index in [4.69, 9.17) is 9.47 Å². The van der Waals surface area contributed by atoms with Crippen molar-refractivity contribution in [3.8, 4) is 11.5 Å². The zero-order valence-electron chi connectivity index (χ0n) is 18.8. The van der Waals surface area contributed by atoms with E-state index in [1.54, 1.807) is 36.4 Å². The molecule has 2 amide bonds. The third-order valence-electron chi connectivity index (χ3n) is 5.09. The molecular formula is C27H22FN3O4. The van der Waals surface area contributed by atoms with Gasteiger partial charge in [0.15, 0.2) is 6.61 Å². The smallest absolute Gasteiger partial charge is 0.275 e. The van der Waals surface area contributed by atoms with E-state index in [0.29, 0.717) is 28.3 Å². The number of carbonyl (C=O) groups is 2. The van der Waals surface area contributed by atoms with Crippen LogP contribution in [0.5, 0.6) is 11.5 Å². The van der Waals surface area contributed by atoms with Crippen LogP contribution >= 0.6 is 0 Å². The lowest BCUT2D eigenvalue weighted by molar-refractivity contribution is -0.118. The number of fused-ring (bicyclic) bond motifs is 1. The molecule has 0 saturated heterocycles. The van der Waals surface area contributed by atoms with Gasteiger partial charge in [0.05, 0.1) is 18.9 Å². The van der Waals surface area contributed by atoms with Crippen molar-refractivity contribution >= 4 is 34.5 Å². The van der Waals surface area contributed by atoms with Crippen molar-refractivity contribution in [2.75, 3.05) is 19.0 Å². The Morgan fingerprint density at radius 1 is 0.914 bits per heavy atom. The van der Waals surface area contributed by atoms with Crippen molar-refractivity contribution in [2.24, 2.45) is 5.10 Å². The fraction of sp³-hybridized carbons (Fsp3) is 0.0741. The Morgan fingerprint density at radius 3 is 2.34 bits per heavy atom. The molecule has 0 unspecified atom stereocenters. The van der Waals surface area contributed by atoms with Crippen molar-refractivity contribution in [1.82, 2.24) is 5.43 Å². The second-order valence-electron chi connectivity index (χ2n) is 7.48. The van der Waals surface area contributed by atoms with Gasteiger partial charge in [0.1, 0.15) is 17.3 Å². The predicted molar refractivity (Wildman–Crippen MR) is 133 cm³/mol. The molecule has 0 aliphatic carbocycles. The molecule has 0 radical (unpaired) electrons. The second kappa shape index (κ2) is 10.9. The first-order valence-corrected chi connectivity index (χ1v) is 10.7. The summed E-state index contributed by atoms with van der Waals surface area (Å²) in [6.07, 6.45) is 1.43. The molecule has 2 N–H and O–H groups in total. The summed E-state index contributed by atoms with van der Waals surface area (Å²) in [5.74, 6) is -0.380. The van der Waals surface area contributed by atoms with E-state index in [2.05, 4.69) is 15.8 Å². The number of halogens is 1. The number of methoxy groups -OCH3 is 1. The van der Waals surface area contributed by atoms with E-state index in [0.717, 1.165) is 10.8 Å². The third kappa shape index (κ3) is 6.00. The maximum absolute atomic E-state index is 13.0. The van der Waals surface area contributed by atoms with Gasteiger partial charge < -0.3 is 14.8 Å². The van der Waals surface area contributed by atoms with Gasteiger partial charge in [0.2, 0.25) is 0 Å². The quantitative estimate of drug-likeness (QED) is 0.286. The fourth-order valence-corrected chi connectivity index (χ4v) is 3.38. The minimum Gasteiger partial charge on any atom is -0.496 e. The molecule has 0 bridgehead atoms. The van der Waals surface area contributed by atoms with Gasteiger partial charge in [0.25, 0.3) is 11.8 Å². The summed E-state index contributed by atoms with van der Waals surface area (Å²) in [5, 5.41) is 8.53. The molecule has 176 valence electrons. The summed E-state index contributed by atoms with van der Waals surface area (Å²) in [4.78, 5) is 24.9. The highest BCUT2D eigenvalue weighted by molar-refractivity contribution is 6.02. The lowest BCUT2D eigenvalue weighted by atomic mass is 10.1. The zero-order chi connectivity index (χ0) is 24.6. The lowest BCUT2D eigenvalue weighted by Gasteiger charge is -2.10. The number of para-hydroxylation sites is 1. The van der Waals surface area contributed by atoms with E-state index in [9.17, 15) is 14.0 Å². The number of nitrogens with one attached hydrogen (secondary N) is 2. The van der Waals surface area contributed by atoms with Crippen LogP contribution in [0.25, 0.3) is 10.8 Å². The van der Waals surface area contributed by atoms with Crippen molar-refractivity contribution in [3.05, 3.63) is 102 Å². The van der Waals surface area contributed by atoms with Gasteiger partial charge in [-0.05, 0) is 59.3 Å². The van der Waals surface area contributed by atoms with Crippen molar-refractivity contribution in [1.29, 1.82) is 0 Å². The molecule has 35 heavy (non-hydrogen) atoms. The maximum Gasteiger partial charge on any atom is 0.275 e. The number of benzene rings is 4. The molecule has 0 fully saturated rings. The topological polar surface area (TPSA) is 89.0 Å². The summed E-state index contributed by atoms with van der Waals surface area (Å²) in [7, 11) is 1.50. The highest BCUT2D eigenvalue weighted by atomic mass is 19.1. The number of nitrogens with zero attached hydrogens (tertiary/aromatic N) is 1. The first-order valence-electron chi connectivity index (χ1n) is 10.7. The summed E-state index contributed by atoms with van der Waals surface area (Å²) < 4.78 is 24.0. The molecule has 8 heteroatoms. The number of rotatable bonds is 8. The van der Waals surface area contributed by atoms with Crippen LogP contribution in [-0.2, 0) is 4.79 Å². The average Bonchev–Trinajstić information content (AvgIpc) is 2.88. The number of amides is 2. The summed E-state index contributed by atoms with van der Waals surface area (Å²) in [6, 6.07) is 23.6. The fourth-order valence-electron chi connectivity index (χ4n) is 3.38. The first-order chi connectivity index (χ1) is 17.0. The highest BCUT2D eigenvalue weighted by Gasteiger charge is 2.13. The molecule has 0 saturated carbocycles. The zero-order valence-corrected chi connectivity index (χ0v) is 18.8. The van der Waals surface area contributed by atoms with Crippen molar-refractivity contribution < 1.29 is 23.5 Å². The number of anilines is 1. The van der Waals surface area contributed by atoms with Gasteiger partial charge in [-0.15, -0.1) is 0 Å². The normalized spacial score (nSPS) is 10.8. The molecule has 7 nitrogen and oxygen atoms in total. The van der Waals surface area contributed by atoms with Gasteiger partial charge in [0, 0.05) is 11.3 Å².